The van der Waals surface area contributed by atoms with Crippen LogP contribution in [0, 0.1) is 6.57 Å². The van der Waals surface area contributed by atoms with Crippen molar-refractivity contribution in [1.29, 1.82) is 0 Å². The average molecular weight is 468 g/mol. The van der Waals surface area contributed by atoms with E-state index in [-0.39, 0.29) is 23.9 Å². The van der Waals surface area contributed by atoms with Gasteiger partial charge in [0, 0.05) is 6.07 Å². The highest BCUT2D eigenvalue weighted by atomic mass is 32.2. The van der Waals surface area contributed by atoms with Crippen LogP contribution in [0.1, 0.15) is 13.8 Å². The molecule has 1 fully saturated rings. The van der Waals surface area contributed by atoms with Crippen LogP contribution in [0.4, 0.5) is 11.4 Å². The maximum atomic E-state index is 12.7. The first-order valence-electron chi connectivity index (χ1n) is 10.8. The molecular weight excluding hydrogens is 442 g/mol. The molecule has 2 unspecified atom stereocenters. The van der Waals surface area contributed by atoms with Crippen LogP contribution in [0.5, 0.6) is 11.5 Å². The third-order valence-electron chi connectivity index (χ3n) is 5.02. The number of pyridine rings is 1. The largest absolute Gasteiger partial charge is 0.494 e. The highest BCUT2D eigenvalue weighted by Gasteiger charge is 2.26. The van der Waals surface area contributed by atoms with Crippen LogP contribution in [0.15, 0.2) is 29.3 Å². The molecule has 0 spiro atoms. The summed E-state index contributed by atoms with van der Waals surface area (Å²) in [5, 5.41) is 4.97. The monoisotopic (exact) mass is 467 g/mol. The number of fused-ring (bicyclic) bond motifs is 2. The van der Waals surface area contributed by atoms with Crippen LogP contribution in [-0.4, -0.2) is 55.3 Å². The van der Waals surface area contributed by atoms with Crippen molar-refractivity contribution in [1.82, 2.24) is 4.98 Å². The number of carbonyl (C=O) groups is 1. The van der Waals surface area contributed by atoms with Crippen LogP contribution in [-0.2, 0) is 14.3 Å². The second-order valence-corrected chi connectivity index (χ2v) is 8.23. The first-order valence-corrected chi connectivity index (χ1v) is 11.8. The minimum absolute atomic E-state index is 0.0914. The predicted molar refractivity (Wildman–Crippen MR) is 126 cm³/mol. The van der Waals surface area contributed by atoms with E-state index in [1.807, 2.05) is 26.0 Å². The highest BCUT2D eigenvalue weighted by Crippen LogP contribution is 2.30. The molecule has 2 aromatic rings. The van der Waals surface area contributed by atoms with Crippen molar-refractivity contribution >= 4 is 41.2 Å². The maximum Gasteiger partial charge on any atom is 0.234 e. The van der Waals surface area contributed by atoms with E-state index >= 15 is 0 Å². The first-order chi connectivity index (χ1) is 16.1. The molecule has 0 bridgehead atoms. The van der Waals surface area contributed by atoms with Crippen LogP contribution in [0.25, 0.3) is 17.0 Å². The fourth-order valence-electron chi connectivity index (χ4n) is 3.61. The number of amides is 1. The summed E-state index contributed by atoms with van der Waals surface area (Å²) in [6, 6.07) is 7.11. The van der Waals surface area contributed by atoms with Gasteiger partial charge in [-0.2, -0.15) is 0 Å². The molecule has 0 saturated carbocycles. The molecule has 1 N–H and O–H groups in total. The van der Waals surface area contributed by atoms with Crippen molar-refractivity contribution in [3.63, 3.8) is 0 Å². The number of carbonyl (C=O) groups excluding carboxylic acids is 1. The number of rotatable bonds is 8. The minimum atomic E-state index is -0.232. The standard InChI is InChI=1S/C24H25N3O5S/c1-4-29-16-6-7-20(30-5-2)18(12-16)26-23(28)14-33-24-19(25-3)10-15-11-21-22(13-17(15)27-24)32-9-8-31-21/h6-7,10-13,21-22H,4-5,8-9,14H2,1-2H3,(H,26,28). The smallest absolute Gasteiger partial charge is 0.234 e. The molecule has 2 heterocycles. The Bertz CT molecular complexity index is 1190. The summed E-state index contributed by atoms with van der Waals surface area (Å²) in [5.41, 5.74) is 0.945. The molecule has 2 atom stereocenters. The lowest BCUT2D eigenvalue weighted by Gasteiger charge is -2.29. The van der Waals surface area contributed by atoms with Crippen LogP contribution in [0.3, 0.4) is 0 Å². The summed E-state index contributed by atoms with van der Waals surface area (Å²) < 4.78 is 22.6. The van der Waals surface area contributed by atoms with E-state index in [4.69, 9.17) is 25.5 Å². The zero-order valence-corrected chi connectivity index (χ0v) is 19.3. The molecule has 33 heavy (non-hydrogen) atoms. The zero-order valence-electron chi connectivity index (χ0n) is 18.5. The summed E-state index contributed by atoms with van der Waals surface area (Å²) in [6.07, 6.45) is 3.52. The number of nitrogens with one attached hydrogen (secondary N) is 1. The van der Waals surface area contributed by atoms with Gasteiger partial charge in [-0.25, -0.2) is 4.85 Å². The van der Waals surface area contributed by atoms with Crippen molar-refractivity contribution < 1.29 is 23.7 Å². The van der Waals surface area contributed by atoms with Gasteiger partial charge in [0.1, 0.15) is 28.7 Å². The van der Waals surface area contributed by atoms with Gasteiger partial charge in [0.05, 0.1) is 49.8 Å². The Morgan fingerprint density at radius 2 is 1.94 bits per heavy atom. The van der Waals surface area contributed by atoms with Gasteiger partial charge in [-0.05, 0) is 49.4 Å². The molecule has 1 amide bonds. The zero-order chi connectivity index (χ0) is 23.2. The molecule has 8 nitrogen and oxygen atoms in total. The SMILES string of the molecule is [C-]#[N+]c1cc2c(nc1SCC(=O)Nc1cc(OCC)ccc1OCC)=CC1OCCOC1C=2. The number of hydrogen-bond donors (Lipinski definition) is 1. The van der Waals surface area contributed by atoms with Gasteiger partial charge in [0.15, 0.2) is 0 Å². The predicted octanol–water partition coefficient (Wildman–Crippen LogP) is 2.52. The maximum absolute atomic E-state index is 12.7. The quantitative estimate of drug-likeness (QED) is 0.472. The first kappa shape index (κ1) is 23.1. The summed E-state index contributed by atoms with van der Waals surface area (Å²) in [5.74, 6) is 1.08. The Balaban J connectivity index is 1.50. The average Bonchev–Trinajstić information content (AvgIpc) is 2.82. The van der Waals surface area contributed by atoms with E-state index in [1.165, 1.54) is 11.8 Å². The minimum Gasteiger partial charge on any atom is -0.494 e. The van der Waals surface area contributed by atoms with Crippen LogP contribution >= 0.6 is 11.8 Å². The second kappa shape index (κ2) is 10.7. The van der Waals surface area contributed by atoms with E-state index in [0.717, 1.165) is 10.6 Å². The van der Waals surface area contributed by atoms with E-state index in [2.05, 4.69) is 15.1 Å². The number of anilines is 1. The van der Waals surface area contributed by atoms with Gasteiger partial charge in [-0.15, -0.1) is 11.8 Å². The van der Waals surface area contributed by atoms with Gasteiger partial charge in [0.2, 0.25) is 11.6 Å². The Labute approximate surface area is 196 Å². The topological polar surface area (TPSA) is 83.3 Å². The summed E-state index contributed by atoms with van der Waals surface area (Å²) in [6.45, 7) is 13.4. The number of hydrogen-bond acceptors (Lipinski definition) is 7. The number of benzene rings is 1. The molecule has 2 aliphatic rings. The van der Waals surface area contributed by atoms with Crippen molar-refractivity contribution in [3.8, 4) is 11.5 Å². The number of aromatic nitrogens is 1. The second-order valence-electron chi connectivity index (χ2n) is 7.26. The molecule has 1 aromatic heterocycles. The Morgan fingerprint density at radius 3 is 2.67 bits per heavy atom. The lowest BCUT2D eigenvalue weighted by molar-refractivity contribution is -0.113. The van der Waals surface area contributed by atoms with Crippen LogP contribution < -0.4 is 25.4 Å². The highest BCUT2D eigenvalue weighted by molar-refractivity contribution is 8.00. The fourth-order valence-corrected chi connectivity index (χ4v) is 4.36. The molecule has 4 rings (SSSR count). The van der Waals surface area contributed by atoms with Crippen molar-refractivity contribution in [3.05, 3.63) is 46.3 Å². The normalized spacial score (nSPS) is 18.6. The molecule has 9 heteroatoms. The molecule has 1 aliphatic carbocycles. The van der Waals surface area contributed by atoms with Gasteiger partial charge < -0.3 is 24.3 Å². The summed E-state index contributed by atoms with van der Waals surface area (Å²) in [7, 11) is 0. The van der Waals surface area contributed by atoms with E-state index in [0.29, 0.717) is 54.3 Å². The van der Waals surface area contributed by atoms with E-state index in [1.54, 1.807) is 24.3 Å². The molecule has 1 aromatic carbocycles. The van der Waals surface area contributed by atoms with E-state index < -0.39 is 0 Å². The van der Waals surface area contributed by atoms with Crippen molar-refractivity contribution in [2.24, 2.45) is 0 Å². The lowest BCUT2D eigenvalue weighted by atomic mass is 10.1. The lowest BCUT2D eigenvalue weighted by Crippen LogP contribution is -2.45. The molecule has 0 radical (unpaired) electrons. The summed E-state index contributed by atoms with van der Waals surface area (Å²) >= 11 is 1.22. The van der Waals surface area contributed by atoms with E-state index in [9.17, 15) is 4.79 Å². The molecule has 1 saturated heterocycles. The Hall–Kier alpha value is -3.06. The Kier molecular flexibility index (Phi) is 7.50. The van der Waals surface area contributed by atoms with Gasteiger partial charge in [-0.1, -0.05) is 0 Å². The molecular formula is C24H25N3O5S. The van der Waals surface area contributed by atoms with Gasteiger partial charge >= 0.3 is 0 Å². The van der Waals surface area contributed by atoms with Gasteiger partial charge in [0.25, 0.3) is 0 Å². The number of nitrogens with zero attached hydrogens (tertiary/aromatic N) is 2. The van der Waals surface area contributed by atoms with Gasteiger partial charge in [-0.3, -0.25) is 9.78 Å². The molecule has 1 aliphatic heterocycles. The van der Waals surface area contributed by atoms with Crippen molar-refractivity contribution in [2.75, 3.05) is 37.5 Å². The third-order valence-corrected chi connectivity index (χ3v) is 6.00. The summed E-state index contributed by atoms with van der Waals surface area (Å²) in [4.78, 5) is 21.0. The fraction of sp³-hybridized carbons (Fsp3) is 0.375. The molecule has 172 valence electrons. The number of thioether (sulfide) groups is 1. The van der Waals surface area contributed by atoms with Crippen LogP contribution in [0.2, 0.25) is 0 Å². The Morgan fingerprint density at radius 1 is 1.18 bits per heavy atom. The number of ether oxygens (including phenoxy) is 4. The van der Waals surface area contributed by atoms with Crippen molar-refractivity contribution in [2.45, 2.75) is 31.1 Å². The third kappa shape index (κ3) is 5.47.